The summed E-state index contributed by atoms with van der Waals surface area (Å²) in [6.07, 6.45) is 1.73. The van der Waals surface area contributed by atoms with E-state index in [1.807, 2.05) is 43.3 Å². The van der Waals surface area contributed by atoms with Gasteiger partial charge in [0.15, 0.2) is 0 Å². The first-order chi connectivity index (χ1) is 12.4. The normalized spacial score (nSPS) is 11.3. The molecule has 7 heteroatoms. The second-order valence-electron chi connectivity index (χ2n) is 6.08. The summed E-state index contributed by atoms with van der Waals surface area (Å²) in [5, 5.41) is 1.37. The summed E-state index contributed by atoms with van der Waals surface area (Å²) in [5.41, 5.74) is 1.31. The van der Waals surface area contributed by atoms with Crippen molar-refractivity contribution in [2.75, 3.05) is 27.2 Å². The molecule has 2 aromatic carbocycles. The van der Waals surface area contributed by atoms with E-state index in [4.69, 9.17) is 16.3 Å². The maximum atomic E-state index is 13.1. The van der Waals surface area contributed by atoms with Gasteiger partial charge in [-0.3, -0.25) is 9.36 Å². The molecule has 0 saturated heterocycles. The zero-order chi connectivity index (χ0) is 18.8. The van der Waals surface area contributed by atoms with Crippen LogP contribution in [-0.2, 0) is 0 Å². The van der Waals surface area contributed by atoms with Crippen molar-refractivity contribution in [1.29, 1.82) is 0 Å². The Labute approximate surface area is 173 Å². The summed E-state index contributed by atoms with van der Waals surface area (Å²) in [7, 11) is 3.97. The van der Waals surface area contributed by atoms with Gasteiger partial charge in [0, 0.05) is 25.9 Å². The highest BCUT2D eigenvalue weighted by atomic mass is 79.9. The van der Waals surface area contributed by atoms with E-state index < -0.39 is 0 Å². The molecule has 1 aromatic heterocycles. The Bertz CT molecular complexity index is 970. The highest BCUT2D eigenvalue weighted by molar-refractivity contribution is 9.11. The molecule has 0 unspecified atom stereocenters. The van der Waals surface area contributed by atoms with E-state index in [9.17, 15) is 4.79 Å². The molecule has 26 heavy (non-hydrogen) atoms. The van der Waals surface area contributed by atoms with Crippen LogP contribution in [0.1, 0.15) is 10.4 Å². The molecule has 0 bridgehead atoms. The zero-order valence-corrected chi connectivity index (χ0v) is 18.2. The molecule has 0 aliphatic carbocycles. The zero-order valence-electron chi connectivity index (χ0n) is 14.3. The average molecular weight is 501 g/mol. The first-order valence-corrected chi connectivity index (χ1v) is 9.91. The maximum absolute atomic E-state index is 13.1. The molecule has 136 valence electrons. The van der Waals surface area contributed by atoms with Gasteiger partial charge in [-0.05, 0) is 70.2 Å². The quantitative estimate of drug-likeness (QED) is 0.467. The number of ether oxygens (including phenoxy) is 1. The molecule has 1 heterocycles. The molecule has 4 nitrogen and oxygen atoms in total. The monoisotopic (exact) mass is 498 g/mol. The number of likely N-dealkylation sites (N-methyl/N-ethyl adjacent to an activating group) is 1. The number of hydrogen-bond acceptors (Lipinski definition) is 3. The van der Waals surface area contributed by atoms with Crippen LogP contribution in [0.15, 0.2) is 51.5 Å². The minimum Gasteiger partial charge on any atom is -0.490 e. The van der Waals surface area contributed by atoms with Crippen molar-refractivity contribution in [2.45, 2.75) is 0 Å². The second-order valence-corrected chi connectivity index (χ2v) is 8.23. The molecule has 3 aromatic rings. The third kappa shape index (κ3) is 3.98. The van der Waals surface area contributed by atoms with Crippen LogP contribution in [0.25, 0.3) is 10.9 Å². The Hall–Kier alpha value is -1.34. The number of benzene rings is 2. The summed E-state index contributed by atoms with van der Waals surface area (Å²) in [6.45, 7) is 1.28. The van der Waals surface area contributed by atoms with E-state index in [2.05, 4.69) is 31.9 Å². The molecule has 0 radical (unpaired) electrons. The Balaban J connectivity index is 2.10. The van der Waals surface area contributed by atoms with Crippen molar-refractivity contribution < 1.29 is 9.53 Å². The Morgan fingerprint density at radius 2 is 1.92 bits per heavy atom. The van der Waals surface area contributed by atoms with Crippen LogP contribution < -0.4 is 4.74 Å². The van der Waals surface area contributed by atoms with Crippen molar-refractivity contribution in [3.05, 3.63) is 62.1 Å². The van der Waals surface area contributed by atoms with Gasteiger partial charge in [-0.2, -0.15) is 0 Å². The van der Waals surface area contributed by atoms with Crippen molar-refractivity contribution in [3.63, 3.8) is 0 Å². The minimum atomic E-state index is -0.145. The smallest absolute Gasteiger partial charge is 0.263 e. The van der Waals surface area contributed by atoms with E-state index in [1.165, 1.54) is 0 Å². The number of halogens is 3. The molecule has 0 N–H and O–H groups in total. The summed E-state index contributed by atoms with van der Waals surface area (Å²) >= 11 is 13.2. The van der Waals surface area contributed by atoms with Gasteiger partial charge < -0.3 is 9.64 Å². The third-order valence-electron chi connectivity index (χ3n) is 3.90. The van der Waals surface area contributed by atoms with E-state index in [1.54, 1.807) is 22.9 Å². The van der Waals surface area contributed by atoms with Crippen LogP contribution in [0, 0.1) is 0 Å². The first kappa shape index (κ1) is 19.4. The molecular weight excluding hydrogens is 483 g/mol. The summed E-state index contributed by atoms with van der Waals surface area (Å²) in [5.74, 6) is 0.485. The number of aromatic nitrogens is 1. The number of fused-ring (bicyclic) bond motifs is 1. The predicted octanol–water partition coefficient (Wildman–Crippen LogP) is 5.45. The summed E-state index contributed by atoms with van der Waals surface area (Å²) in [4.78, 5) is 15.2. The summed E-state index contributed by atoms with van der Waals surface area (Å²) in [6, 6.07) is 10.9. The van der Waals surface area contributed by atoms with E-state index in [0.29, 0.717) is 22.9 Å². The number of carbonyl (C=O) groups is 1. The van der Waals surface area contributed by atoms with Gasteiger partial charge >= 0.3 is 0 Å². The van der Waals surface area contributed by atoms with E-state index in [-0.39, 0.29) is 5.91 Å². The van der Waals surface area contributed by atoms with Crippen LogP contribution in [0.2, 0.25) is 5.02 Å². The molecule has 0 spiro atoms. The lowest BCUT2D eigenvalue weighted by atomic mass is 10.2. The van der Waals surface area contributed by atoms with Crippen LogP contribution >= 0.6 is 43.5 Å². The fourth-order valence-electron chi connectivity index (χ4n) is 2.63. The van der Waals surface area contributed by atoms with Gasteiger partial charge in [0.25, 0.3) is 5.91 Å². The lowest BCUT2D eigenvalue weighted by Crippen LogP contribution is -2.19. The predicted molar refractivity (Wildman–Crippen MR) is 113 cm³/mol. The van der Waals surface area contributed by atoms with Gasteiger partial charge in [-0.15, -0.1) is 0 Å². The molecule has 0 aliphatic rings. The maximum Gasteiger partial charge on any atom is 0.263 e. The summed E-state index contributed by atoms with van der Waals surface area (Å²) < 4.78 is 9.01. The van der Waals surface area contributed by atoms with Gasteiger partial charge in [-0.25, -0.2) is 0 Å². The molecule has 3 rings (SSSR count). The number of carbonyl (C=O) groups excluding carboxylic acids is 1. The molecule has 0 saturated carbocycles. The van der Waals surface area contributed by atoms with Gasteiger partial charge in [-0.1, -0.05) is 23.7 Å². The second kappa shape index (κ2) is 8.13. The van der Waals surface area contributed by atoms with Crippen LogP contribution in [0.3, 0.4) is 0 Å². The largest absolute Gasteiger partial charge is 0.490 e. The van der Waals surface area contributed by atoms with Crippen LogP contribution in [-0.4, -0.2) is 42.6 Å². The lowest BCUT2D eigenvalue weighted by molar-refractivity contribution is 0.0963. The molecule has 0 fully saturated rings. The molecule has 0 amide bonds. The number of nitrogens with zero attached hydrogens (tertiary/aromatic N) is 2. The Morgan fingerprint density at radius 1 is 1.19 bits per heavy atom. The minimum absolute atomic E-state index is 0.145. The van der Waals surface area contributed by atoms with Crippen molar-refractivity contribution in [2.24, 2.45) is 0 Å². The van der Waals surface area contributed by atoms with E-state index >= 15 is 0 Å². The van der Waals surface area contributed by atoms with E-state index in [0.717, 1.165) is 26.4 Å². The van der Waals surface area contributed by atoms with Gasteiger partial charge in [0.2, 0.25) is 0 Å². The van der Waals surface area contributed by atoms with Crippen molar-refractivity contribution in [1.82, 2.24) is 9.47 Å². The Kier molecular flexibility index (Phi) is 6.07. The van der Waals surface area contributed by atoms with Crippen molar-refractivity contribution >= 4 is 60.3 Å². The lowest BCUT2D eigenvalue weighted by Gasteiger charge is -2.10. The molecular formula is C19H17Br2ClN2O2. The molecule has 0 atom stereocenters. The standard InChI is InChI=1S/C19H17Br2ClN2O2/c1-23(2)7-8-26-17-11-24(18-14(17)9-12(22)10-16(18)21)19(25)13-5-3-4-6-15(13)20/h3-6,9-11H,7-8H2,1-2H3. The average Bonchev–Trinajstić information content (AvgIpc) is 2.93. The third-order valence-corrected chi connectivity index (χ3v) is 5.41. The number of hydrogen-bond donors (Lipinski definition) is 0. The number of rotatable bonds is 5. The first-order valence-electron chi connectivity index (χ1n) is 7.95. The van der Waals surface area contributed by atoms with Crippen molar-refractivity contribution in [3.8, 4) is 5.75 Å². The topological polar surface area (TPSA) is 34.5 Å². The molecule has 0 aliphatic heterocycles. The fourth-order valence-corrected chi connectivity index (χ4v) is 4.08. The van der Waals surface area contributed by atoms with Crippen LogP contribution in [0.4, 0.5) is 0 Å². The fraction of sp³-hybridized carbons (Fsp3) is 0.211. The highest BCUT2D eigenvalue weighted by Gasteiger charge is 2.20. The van der Waals surface area contributed by atoms with Gasteiger partial charge in [0.05, 0.1) is 17.3 Å². The SMILES string of the molecule is CN(C)CCOc1cn(C(=O)c2ccccc2Br)c2c(Br)cc(Cl)cc12. The Morgan fingerprint density at radius 3 is 2.62 bits per heavy atom. The highest BCUT2D eigenvalue weighted by Crippen LogP contribution is 2.36. The van der Waals surface area contributed by atoms with Gasteiger partial charge in [0.1, 0.15) is 12.4 Å². The van der Waals surface area contributed by atoms with Crippen LogP contribution in [0.5, 0.6) is 5.75 Å².